The normalized spacial score (nSPS) is 15.4. The smallest absolute Gasteiger partial charge is 0.377 e. The highest BCUT2D eigenvalue weighted by atomic mass is 19.3. The van der Waals surface area contributed by atoms with Crippen LogP contribution in [-0.2, 0) is 14.3 Å². The SMILES string of the molecule is CC(F)(F)C(=O)OCN1CCOCC1.[B][B]B([B])B([B])[B]. The number of nitrogens with zero attached hydrogens (tertiary/aromatic N) is 1. The van der Waals surface area contributed by atoms with E-state index in [-0.39, 0.29) is 13.1 Å². The second kappa shape index (κ2) is 10.4. The van der Waals surface area contributed by atoms with Crippen LogP contribution in [0.15, 0.2) is 0 Å². The molecule has 1 aliphatic rings. The minimum Gasteiger partial charge on any atom is -0.445 e. The number of carbonyl (C=O) groups excluding carboxylic acids is 1. The summed E-state index contributed by atoms with van der Waals surface area (Å²) >= 11 is 0. The number of halogens is 2. The lowest BCUT2D eigenvalue weighted by Gasteiger charge is -2.26. The average Bonchev–Trinajstić information content (AvgIpc) is 2.44. The van der Waals surface area contributed by atoms with Gasteiger partial charge in [-0.25, -0.2) is 4.79 Å². The van der Waals surface area contributed by atoms with Crippen LogP contribution in [0, 0.1) is 0 Å². The van der Waals surface area contributed by atoms with Gasteiger partial charge >= 0.3 is 11.9 Å². The number of esters is 1. The Balaban J connectivity index is 0.000000486. The van der Waals surface area contributed by atoms with Crippen LogP contribution in [0.1, 0.15) is 6.92 Å². The van der Waals surface area contributed by atoms with Crippen molar-refractivity contribution in [3.05, 3.63) is 0 Å². The molecule has 0 aromatic heterocycles. The molecule has 0 amide bonds. The maximum atomic E-state index is 12.4. The minimum absolute atomic E-state index is 0.0916. The summed E-state index contributed by atoms with van der Waals surface area (Å²) in [5.41, 5.74) is 0. The summed E-state index contributed by atoms with van der Waals surface area (Å²) in [6, 6.07) is 0. The predicted octanol–water partition coefficient (Wildman–Crippen LogP) is -2.19. The molecule has 0 aliphatic carbocycles. The highest BCUT2D eigenvalue weighted by Crippen LogP contribution is 2.13. The Morgan fingerprint density at radius 1 is 1.38 bits per heavy atom. The Morgan fingerprint density at radius 3 is 2.24 bits per heavy atom. The molecule has 21 heavy (non-hydrogen) atoms. The monoisotopic (exact) mass is 286 g/mol. The van der Waals surface area contributed by atoms with Gasteiger partial charge in [-0.05, 0) is 0 Å². The maximum Gasteiger partial charge on any atom is 0.377 e. The van der Waals surface area contributed by atoms with Gasteiger partial charge in [0, 0.05) is 70.8 Å². The molecule has 13 heteroatoms. The molecule has 1 aliphatic heterocycles. The summed E-state index contributed by atoms with van der Waals surface area (Å²) in [6.45, 7) is 2.71. The molecule has 0 unspecified atom stereocenters. The first-order valence-corrected chi connectivity index (χ1v) is 6.35. The lowest BCUT2D eigenvalue weighted by Crippen LogP contribution is -2.43. The number of hydrogen-bond donors (Lipinski definition) is 0. The molecule has 0 N–H and O–H groups in total. The summed E-state index contributed by atoms with van der Waals surface area (Å²) in [5.74, 6) is -4.89. The van der Waals surface area contributed by atoms with E-state index in [0.717, 1.165) is 0 Å². The number of ether oxygens (including phenoxy) is 2. The molecule has 1 saturated heterocycles. The van der Waals surface area contributed by atoms with Crippen molar-refractivity contribution in [2.75, 3.05) is 33.0 Å². The molecule has 1 fully saturated rings. The molecule has 0 aromatic carbocycles. The van der Waals surface area contributed by atoms with Crippen LogP contribution in [-0.4, -0.2) is 101 Å². The van der Waals surface area contributed by atoms with Crippen molar-refractivity contribution >= 4 is 56.7 Å². The zero-order valence-electron chi connectivity index (χ0n) is 12.0. The van der Waals surface area contributed by atoms with Crippen LogP contribution in [0.3, 0.4) is 0 Å². The van der Waals surface area contributed by atoms with Gasteiger partial charge in [0.15, 0.2) is 0 Å². The second-order valence-electron chi connectivity index (χ2n) is 4.53. The van der Waals surface area contributed by atoms with Gasteiger partial charge < -0.3 is 9.47 Å². The topological polar surface area (TPSA) is 38.8 Å². The fourth-order valence-electron chi connectivity index (χ4n) is 1.14. The first-order chi connectivity index (χ1) is 9.68. The van der Waals surface area contributed by atoms with Crippen molar-refractivity contribution in [3.63, 3.8) is 0 Å². The van der Waals surface area contributed by atoms with Gasteiger partial charge in [0.2, 0.25) is 0 Å². The lowest BCUT2D eigenvalue weighted by molar-refractivity contribution is -0.175. The standard InChI is InChI=1S/C8H13F2NO3.B7/c1-8(9,10)7(12)14-6-11-2-4-13-5-3-11;1-5-7(4)6(2)3/h2-6H2,1H3;. The van der Waals surface area contributed by atoms with Gasteiger partial charge in [0.05, 0.1) is 13.2 Å². The van der Waals surface area contributed by atoms with Crippen molar-refractivity contribution in [1.82, 2.24) is 4.90 Å². The summed E-state index contributed by atoms with van der Waals surface area (Å²) in [7, 11) is 21.6. The van der Waals surface area contributed by atoms with Gasteiger partial charge in [0.25, 0.3) is 0 Å². The Morgan fingerprint density at radius 2 is 1.90 bits per heavy atom. The number of morpholine rings is 1. The minimum atomic E-state index is -3.41. The van der Waals surface area contributed by atoms with E-state index < -0.39 is 18.3 Å². The second-order valence-corrected chi connectivity index (χ2v) is 4.53. The van der Waals surface area contributed by atoms with Crippen molar-refractivity contribution in [2.24, 2.45) is 0 Å². The van der Waals surface area contributed by atoms with Crippen molar-refractivity contribution in [3.8, 4) is 0 Å². The van der Waals surface area contributed by atoms with Crippen molar-refractivity contribution < 1.29 is 23.0 Å². The van der Waals surface area contributed by atoms with E-state index >= 15 is 0 Å². The number of alkyl halides is 2. The Hall–Kier alpha value is -0.295. The van der Waals surface area contributed by atoms with E-state index in [2.05, 4.69) is 4.74 Å². The van der Waals surface area contributed by atoms with E-state index in [1.807, 2.05) is 0 Å². The molecule has 0 spiro atoms. The van der Waals surface area contributed by atoms with Crippen LogP contribution >= 0.6 is 0 Å². The van der Waals surface area contributed by atoms with Gasteiger partial charge in [-0.1, -0.05) is 0 Å². The molecule has 9 radical (unpaired) electrons. The maximum absolute atomic E-state index is 12.4. The highest BCUT2D eigenvalue weighted by molar-refractivity contribution is 7.81. The van der Waals surface area contributed by atoms with Crippen LogP contribution in [0.2, 0.25) is 0 Å². The van der Waals surface area contributed by atoms with Gasteiger partial charge in [-0.2, -0.15) is 8.78 Å². The fraction of sp³-hybridized carbons (Fsp3) is 0.875. The lowest BCUT2D eigenvalue weighted by atomic mass is 8.76. The van der Waals surface area contributed by atoms with E-state index in [1.54, 1.807) is 4.90 Å². The predicted molar refractivity (Wildman–Crippen MR) is 84.3 cm³/mol. The first-order valence-electron chi connectivity index (χ1n) is 6.35. The molecule has 0 aromatic rings. The molecular formula is C8H13B7F2NO3. The summed E-state index contributed by atoms with van der Waals surface area (Å²) in [4.78, 5) is 12.4. The van der Waals surface area contributed by atoms with Gasteiger partial charge in [-0.15, -0.1) is 0 Å². The van der Waals surface area contributed by atoms with Crippen LogP contribution in [0.25, 0.3) is 0 Å². The number of hydrogen-bond acceptors (Lipinski definition) is 4. The van der Waals surface area contributed by atoms with Gasteiger partial charge in [0.1, 0.15) is 6.73 Å². The van der Waals surface area contributed by atoms with E-state index in [1.165, 1.54) is 7.06 Å². The molecule has 0 saturated carbocycles. The van der Waals surface area contributed by atoms with E-state index in [0.29, 0.717) is 33.2 Å². The van der Waals surface area contributed by atoms with Crippen LogP contribution in [0.5, 0.6) is 0 Å². The van der Waals surface area contributed by atoms with Gasteiger partial charge in [-0.3, -0.25) is 4.90 Å². The molecule has 1 rings (SSSR count). The largest absolute Gasteiger partial charge is 0.445 e. The van der Waals surface area contributed by atoms with E-state index in [9.17, 15) is 13.6 Å². The summed E-state index contributed by atoms with van der Waals surface area (Å²) < 4.78 is 34.2. The summed E-state index contributed by atoms with van der Waals surface area (Å²) in [5, 5.41) is 0. The molecule has 103 valence electrons. The Kier molecular flexibility index (Phi) is 10.3. The average molecular weight is 285 g/mol. The third-order valence-electron chi connectivity index (χ3n) is 2.51. The van der Waals surface area contributed by atoms with E-state index in [4.69, 9.17) is 35.7 Å². The van der Waals surface area contributed by atoms with Crippen molar-refractivity contribution in [2.45, 2.75) is 12.8 Å². The number of carbonyl (C=O) groups is 1. The Labute approximate surface area is 131 Å². The molecule has 4 nitrogen and oxygen atoms in total. The molecule has 1 heterocycles. The Bertz CT molecular complexity index is 302. The molecule has 0 bridgehead atoms. The third-order valence-corrected chi connectivity index (χ3v) is 2.51. The zero-order valence-corrected chi connectivity index (χ0v) is 12.0. The zero-order chi connectivity index (χ0) is 16.5. The quantitative estimate of drug-likeness (QED) is 0.425. The van der Waals surface area contributed by atoms with Crippen LogP contribution in [0.4, 0.5) is 8.78 Å². The number of rotatable bonds is 5. The first kappa shape index (κ1) is 20.7. The molecular weight excluding hydrogens is 272 g/mol. The third kappa shape index (κ3) is 10.1. The summed E-state index contributed by atoms with van der Waals surface area (Å²) in [6.07, 6.45) is -0.926. The van der Waals surface area contributed by atoms with Crippen molar-refractivity contribution in [1.29, 1.82) is 0 Å². The molecule has 0 atom stereocenters. The fourth-order valence-corrected chi connectivity index (χ4v) is 1.14. The highest BCUT2D eigenvalue weighted by Gasteiger charge is 2.34. The van der Waals surface area contributed by atoms with Crippen LogP contribution < -0.4 is 0 Å².